The van der Waals surface area contributed by atoms with Crippen LogP contribution in [0.25, 0.3) is 0 Å². The average Bonchev–Trinajstić information content (AvgIpc) is 2.26. The Bertz CT molecular complexity index is 215. The zero-order valence-corrected chi connectivity index (χ0v) is 6.42. The summed E-state index contributed by atoms with van der Waals surface area (Å²) in [6.07, 6.45) is 3.73. The van der Waals surface area contributed by atoms with Crippen LogP contribution >= 0.6 is 0 Å². The highest BCUT2D eigenvalue weighted by atomic mass is 16.6. The molecule has 11 heavy (non-hydrogen) atoms. The Morgan fingerprint density at radius 3 is 2.73 bits per heavy atom. The Labute approximate surface area is 65.0 Å². The van der Waals surface area contributed by atoms with Gasteiger partial charge in [0.15, 0.2) is 0 Å². The van der Waals surface area contributed by atoms with Crippen molar-refractivity contribution in [2.75, 3.05) is 0 Å². The summed E-state index contributed by atoms with van der Waals surface area (Å²) in [6, 6.07) is 0. The normalized spacial score (nSPS) is 21.0. The maximum Gasteiger partial charge on any atom is 0.341 e. The third kappa shape index (κ3) is 1.90. The van der Waals surface area contributed by atoms with Crippen LogP contribution in [0.2, 0.25) is 0 Å². The zero-order valence-electron chi connectivity index (χ0n) is 6.42. The number of allylic oxidation sites excluding steroid dienone is 1. The van der Waals surface area contributed by atoms with Crippen LogP contribution in [0, 0.1) is 0 Å². The lowest BCUT2D eigenvalue weighted by atomic mass is 10.2. The predicted molar refractivity (Wildman–Crippen MR) is 38.7 cm³/mol. The molecule has 3 heteroatoms. The number of carbonyl (C=O) groups is 2. The van der Waals surface area contributed by atoms with Crippen LogP contribution < -0.4 is 0 Å². The highest BCUT2D eigenvalue weighted by molar-refractivity contribution is 6.05. The molecule has 0 atom stereocenters. The number of rotatable bonds is 2. The number of ether oxygens (including phenoxy) is 1. The Morgan fingerprint density at radius 2 is 2.27 bits per heavy atom. The molecule has 1 fully saturated rings. The summed E-state index contributed by atoms with van der Waals surface area (Å²) < 4.78 is 4.32. The first kappa shape index (κ1) is 7.98. The second-order valence-electron chi connectivity index (χ2n) is 2.46. The molecule has 0 aromatic carbocycles. The smallest absolute Gasteiger partial charge is 0.341 e. The molecule has 0 spiro atoms. The second-order valence-corrected chi connectivity index (χ2v) is 2.46. The van der Waals surface area contributed by atoms with Gasteiger partial charge in [-0.05, 0) is 6.42 Å². The summed E-state index contributed by atoms with van der Waals surface area (Å²) in [5.74, 6) is -0.902. The first-order chi connectivity index (χ1) is 5.24. The van der Waals surface area contributed by atoms with Gasteiger partial charge < -0.3 is 4.74 Å². The number of unbranched alkanes of at least 4 members (excludes halogenated alkanes) is 1. The van der Waals surface area contributed by atoms with Gasteiger partial charge in [-0.15, -0.1) is 0 Å². The maximum atomic E-state index is 10.8. The van der Waals surface area contributed by atoms with Crippen LogP contribution in [-0.2, 0) is 14.3 Å². The highest BCUT2D eigenvalue weighted by Gasteiger charge is 2.25. The number of esters is 2. The van der Waals surface area contributed by atoms with Crippen molar-refractivity contribution in [3.8, 4) is 0 Å². The van der Waals surface area contributed by atoms with Crippen molar-refractivity contribution in [1.82, 2.24) is 0 Å². The fourth-order valence-corrected chi connectivity index (χ4v) is 0.907. The van der Waals surface area contributed by atoms with Crippen LogP contribution in [-0.4, -0.2) is 11.9 Å². The summed E-state index contributed by atoms with van der Waals surface area (Å²) >= 11 is 0. The summed E-state index contributed by atoms with van der Waals surface area (Å²) in [7, 11) is 0. The van der Waals surface area contributed by atoms with Crippen molar-refractivity contribution in [3.63, 3.8) is 0 Å². The van der Waals surface area contributed by atoms with Gasteiger partial charge in [-0.25, -0.2) is 4.79 Å². The van der Waals surface area contributed by atoms with E-state index in [0.717, 1.165) is 12.8 Å². The Balaban J connectivity index is 2.59. The number of hydrogen-bond acceptors (Lipinski definition) is 3. The topological polar surface area (TPSA) is 43.4 Å². The van der Waals surface area contributed by atoms with E-state index in [9.17, 15) is 9.59 Å². The summed E-state index contributed by atoms with van der Waals surface area (Å²) in [4.78, 5) is 21.3. The molecule has 0 aromatic heterocycles. The fraction of sp³-hybridized carbons (Fsp3) is 0.500. The van der Waals surface area contributed by atoms with Crippen LogP contribution in [0.4, 0.5) is 0 Å². The lowest BCUT2D eigenvalue weighted by Crippen LogP contribution is -1.96. The number of carbonyl (C=O) groups excluding carboxylic acids is 2. The number of hydrogen-bond donors (Lipinski definition) is 0. The van der Waals surface area contributed by atoms with E-state index in [1.807, 2.05) is 6.92 Å². The van der Waals surface area contributed by atoms with E-state index in [0.29, 0.717) is 5.57 Å². The van der Waals surface area contributed by atoms with Crippen LogP contribution in [0.5, 0.6) is 0 Å². The first-order valence-electron chi connectivity index (χ1n) is 3.68. The molecule has 0 radical (unpaired) electrons. The molecular weight excluding hydrogens is 144 g/mol. The Morgan fingerprint density at radius 1 is 1.55 bits per heavy atom. The largest absolute Gasteiger partial charge is 0.389 e. The SMILES string of the molecule is CCC/C=C1\CC(=O)OC1=O. The molecule has 60 valence electrons. The molecule has 1 saturated heterocycles. The van der Waals surface area contributed by atoms with Gasteiger partial charge in [0.1, 0.15) is 0 Å². The minimum absolute atomic E-state index is 0.152. The quantitative estimate of drug-likeness (QED) is 0.341. The molecule has 0 amide bonds. The second kappa shape index (κ2) is 3.32. The van der Waals surface area contributed by atoms with Crippen LogP contribution in [0.3, 0.4) is 0 Å². The minimum atomic E-state index is -0.469. The summed E-state index contributed by atoms with van der Waals surface area (Å²) in [6.45, 7) is 2.01. The van der Waals surface area contributed by atoms with Crippen molar-refractivity contribution in [3.05, 3.63) is 11.6 Å². The van der Waals surface area contributed by atoms with Crippen molar-refractivity contribution in [1.29, 1.82) is 0 Å². The third-order valence-corrected chi connectivity index (χ3v) is 1.48. The molecule has 3 nitrogen and oxygen atoms in total. The van der Waals surface area contributed by atoms with E-state index < -0.39 is 11.9 Å². The van der Waals surface area contributed by atoms with E-state index >= 15 is 0 Å². The molecular formula is C8H10O3. The van der Waals surface area contributed by atoms with Gasteiger partial charge in [0, 0.05) is 5.57 Å². The van der Waals surface area contributed by atoms with E-state index in [1.54, 1.807) is 6.08 Å². The molecule has 1 aliphatic rings. The molecule has 0 aliphatic carbocycles. The highest BCUT2D eigenvalue weighted by Crippen LogP contribution is 2.15. The third-order valence-electron chi connectivity index (χ3n) is 1.48. The van der Waals surface area contributed by atoms with Crippen molar-refractivity contribution >= 4 is 11.9 Å². The zero-order chi connectivity index (χ0) is 8.27. The molecule has 0 N–H and O–H groups in total. The molecule has 0 unspecified atom stereocenters. The van der Waals surface area contributed by atoms with Crippen LogP contribution in [0.1, 0.15) is 26.2 Å². The Hall–Kier alpha value is -1.12. The number of cyclic esters (lactones) is 2. The van der Waals surface area contributed by atoms with Gasteiger partial charge in [-0.1, -0.05) is 19.4 Å². The van der Waals surface area contributed by atoms with E-state index in [-0.39, 0.29) is 6.42 Å². The Kier molecular flexibility index (Phi) is 2.41. The summed E-state index contributed by atoms with van der Waals surface area (Å²) in [5.41, 5.74) is 0.511. The first-order valence-corrected chi connectivity index (χ1v) is 3.68. The molecule has 1 aliphatic heterocycles. The van der Waals surface area contributed by atoms with Gasteiger partial charge in [-0.2, -0.15) is 0 Å². The van der Waals surface area contributed by atoms with E-state index in [2.05, 4.69) is 4.74 Å². The van der Waals surface area contributed by atoms with Crippen molar-refractivity contribution in [2.24, 2.45) is 0 Å². The fourth-order valence-electron chi connectivity index (χ4n) is 0.907. The lowest BCUT2D eigenvalue weighted by molar-refractivity contribution is -0.151. The van der Waals surface area contributed by atoms with Gasteiger partial charge in [0.2, 0.25) is 0 Å². The van der Waals surface area contributed by atoms with Crippen LogP contribution in [0.15, 0.2) is 11.6 Å². The minimum Gasteiger partial charge on any atom is -0.389 e. The molecule has 0 aromatic rings. The molecule has 1 heterocycles. The summed E-state index contributed by atoms with van der Waals surface area (Å²) in [5, 5.41) is 0. The monoisotopic (exact) mass is 154 g/mol. The average molecular weight is 154 g/mol. The van der Waals surface area contributed by atoms with Gasteiger partial charge >= 0.3 is 11.9 Å². The molecule has 0 bridgehead atoms. The van der Waals surface area contributed by atoms with Crippen molar-refractivity contribution < 1.29 is 14.3 Å². The lowest BCUT2D eigenvalue weighted by Gasteiger charge is -1.87. The van der Waals surface area contributed by atoms with E-state index in [1.165, 1.54) is 0 Å². The van der Waals surface area contributed by atoms with Gasteiger partial charge in [0.05, 0.1) is 6.42 Å². The van der Waals surface area contributed by atoms with Gasteiger partial charge in [-0.3, -0.25) is 4.79 Å². The standard InChI is InChI=1S/C8H10O3/c1-2-3-4-6-5-7(9)11-8(6)10/h4H,2-3,5H2,1H3/b6-4+. The van der Waals surface area contributed by atoms with E-state index in [4.69, 9.17) is 0 Å². The molecule has 0 saturated carbocycles. The predicted octanol–water partition coefficient (Wildman–Crippen LogP) is 1.19. The van der Waals surface area contributed by atoms with Crippen molar-refractivity contribution in [2.45, 2.75) is 26.2 Å². The molecule has 1 rings (SSSR count). The maximum absolute atomic E-state index is 10.8. The van der Waals surface area contributed by atoms with Gasteiger partial charge in [0.25, 0.3) is 0 Å².